The second-order valence-electron chi connectivity index (χ2n) is 6.07. The van der Waals surface area contributed by atoms with Gasteiger partial charge in [-0.15, -0.1) is 0 Å². The number of ether oxygens (including phenoxy) is 1. The number of rotatable bonds is 7. The monoisotopic (exact) mass is 305 g/mol. The number of hydrogen-bond acceptors (Lipinski definition) is 4. The summed E-state index contributed by atoms with van der Waals surface area (Å²) in [5, 5.41) is 0. The molecular formula is C18H31N3O. The fourth-order valence-corrected chi connectivity index (χ4v) is 2.86. The van der Waals surface area contributed by atoms with Gasteiger partial charge < -0.3 is 9.64 Å². The molecule has 0 radical (unpaired) electrons. The Morgan fingerprint density at radius 1 is 1.18 bits per heavy atom. The average molecular weight is 305 g/mol. The molecule has 0 aliphatic carbocycles. The van der Waals surface area contributed by atoms with Gasteiger partial charge in [-0.25, -0.2) is 0 Å². The lowest BCUT2D eigenvalue weighted by molar-refractivity contribution is 0.122. The van der Waals surface area contributed by atoms with Crippen molar-refractivity contribution in [2.24, 2.45) is 0 Å². The van der Waals surface area contributed by atoms with Crippen molar-refractivity contribution in [3.8, 4) is 0 Å². The molecule has 1 aromatic rings. The van der Waals surface area contributed by atoms with Crippen molar-refractivity contribution in [2.75, 3.05) is 44.3 Å². The highest BCUT2D eigenvalue weighted by molar-refractivity contribution is 5.52. The van der Waals surface area contributed by atoms with Crippen LogP contribution in [0.5, 0.6) is 0 Å². The summed E-state index contributed by atoms with van der Waals surface area (Å²) in [6.07, 6.45) is 1.13. The second-order valence-corrected chi connectivity index (χ2v) is 6.07. The van der Waals surface area contributed by atoms with E-state index in [0.717, 1.165) is 52.4 Å². The van der Waals surface area contributed by atoms with Crippen molar-refractivity contribution in [1.29, 1.82) is 0 Å². The smallest absolute Gasteiger partial charge is 0.0780 e. The van der Waals surface area contributed by atoms with Gasteiger partial charge in [-0.3, -0.25) is 9.88 Å². The Morgan fingerprint density at radius 3 is 2.45 bits per heavy atom. The minimum absolute atomic E-state index is 0.522. The summed E-state index contributed by atoms with van der Waals surface area (Å²) in [6.45, 7) is 15.6. The molecule has 4 nitrogen and oxygen atoms in total. The largest absolute Gasteiger partial charge is 0.378 e. The first-order valence-corrected chi connectivity index (χ1v) is 8.74. The first-order valence-electron chi connectivity index (χ1n) is 8.74. The molecule has 124 valence electrons. The standard InChI is InChI=1S/C18H31N3O/c1-5-15(4)16-8-9-18(21-10-12-22-13-11-21)17(19-16)14-20(6-2)7-3/h8-9,15H,5-7,10-14H2,1-4H3. The summed E-state index contributed by atoms with van der Waals surface area (Å²) >= 11 is 0. The van der Waals surface area contributed by atoms with Gasteiger partial charge in [0.15, 0.2) is 0 Å². The maximum atomic E-state index is 5.49. The summed E-state index contributed by atoms with van der Waals surface area (Å²) in [7, 11) is 0. The van der Waals surface area contributed by atoms with Crippen molar-refractivity contribution in [1.82, 2.24) is 9.88 Å². The summed E-state index contributed by atoms with van der Waals surface area (Å²) in [6, 6.07) is 4.49. The molecule has 2 heterocycles. The Bertz CT molecular complexity index is 454. The molecule has 1 unspecified atom stereocenters. The molecule has 0 aromatic carbocycles. The number of hydrogen-bond donors (Lipinski definition) is 0. The van der Waals surface area contributed by atoms with E-state index in [-0.39, 0.29) is 0 Å². The zero-order chi connectivity index (χ0) is 15.9. The molecule has 0 amide bonds. The number of aromatic nitrogens is 1. The molecule has 22 heavy (non-hydrogen) atoms. The lowest BCUT2D eigenvalue weighted by Crippen LogP contribution is -2.37. The van der Waals surface area contributed by atoms with Crippen molar-refractivity contribution in [3.63, 3.8) is 0 Å². The molecule has 1 aliphatic rings. The molecule has 0 bridgehead atoms. The van der Waals surface area contributed by atoms with E-state index < -0.39 is 0 Å². The third-order valence-electron chi connectivity index (χ3n) is 4.71. The number of morpholine rings is 1. The van der Waals surface area contributed by atoms with Gasteiger partial charge in [0.05, 0.1) is 24.6 Å². The lowest BCUT2D eigenvalue weighted by atomic mass is 10.0. The van der Waals surface area contributed by atoms with Crippen molar-refractivity contribution in [2.45, 2.75) is 46.6 Å². The van der Waals surface area contributed by atoms with Crippen LogP contribution in [0.1, 0.15) is 51.4 Å². The third kappa shape index (κ3) is 4.20. The molecule has 0 spiro atoms. The van der Waals surface area contributed by atoms with Crippen molar-refractivity contribution in [3.05, 3.63) is 23.5 Å². The summed E-state index contributed by atoms with van der Waals surface area (Å²) < 4.78 is 5.49. The molecule has 2 rings (SSSR count). The SMILES string of the molecule is CCC(C)c1ccc(N2CCOCC2)c(CN(CC)CC)n1. The zero-order valence-electron chi connectivity index (χ0n) is 14.6. The molecule has 1 aliphatic heterocycles. The van der Waals surface area contributed by atoms with Crippen LogP contribution in [0.2, 0.25) is 0 Å². The highest BCUT2D eigenvalue weighted by Gasteiger charge is 2.18. The van der Waals surface area contributed by atoms with Crippen LogP contribution in [0.15, 0.2) is 12.1 Å². The molecule has 1 fully saturated rings. The van der Waals surface area contributed by atoms with Crippen LogP contribution in [0.25, 0.3) is 0 Å². The Hall–Kier alpha value is -1.13. The lowest BCUT2D eigenvalue weighted by Gasteiger charge is -2.31. The van der Waals surface area contributed by atoms with Gasteiger partial charge in [-0.05, 0) is 37.6 Å². The highest BCUT2D eigenvalue weighted by Crippen LogP contribution is 2.25. The Balaban J connectivity index is 2.29. The zero-order valence-corrected chi connectivity index (χ0v) is 14.6. The molecule has 1 aromatic heterocycles. The van der Waals surface area contributed by atoms with Gasteiger partial charge in [0, 0.05) is 25.3 Å². The topological polar surface area (TPSA) is 28.6 Å². The van der Waals surface area contributed by atoms with Crippen LogP contribution >= 0.6 is 0 Å². The van der Waals surface area contributed by atoms with Crippen molar-refractivity contribution >= 4 is 5.69 Å². The fourth-order valence-electron chi connectivity index (χ4n) is 2.86. The number of nitrogens with zero attached hydrogens (tertiary/aromatic N) is 3. The van der Waals surface area contributed by atoms with E-state index in [1.54, 1.807) is 0 Å². The van der Waals surface area contributed by atoms with Gasteiger partial charge >= 0.3 is 0 Å². The van der Waals surface area contributed by atoms with Gasteiger partial charge in [0.1, 0.15) is 0 Å². The molecular weight excluding hydrogens is 274 g/mol. The predicted molar refractivity (Wildman–Crippen MR) is 92.6 cm³/mol. The third-order valence-corrected chi connectivity index (χ3v) is 4.71. The Labute approximate surface area is 135 Å². The summed E-state index contributed by atoms with van der Waals surface area (Å²) in [5.41, 5.74) is 3.74. The normalized spacial score (nSPS) is 17.0. The second kappa shape index (κ2) is 8.49. The van der Waals surface area contributed by atoms with Crippen LogP contribution < -0.4 is 4.90 Å². The molecule has 0 N–H and O–H groups in total. The van der Waals surface area contributed by atoms with Crippen LogP contribution in [-0.2, 0) is 11.3 Å². The number of anilines is 1. The molecule has 1 saturated heterocycles. The predicted octanol–water partition coefficient (Wildman–Crippen LogP) is 3.27. The van der Waals surface area contributed by atoms with Crippen molar-refractivity contribution < 1.29 is 4.74 Å². The highest BCUT2D eigenvalue weighted by atomic mass is 16.5. The Kier molecular flexibility index (Phi) is 6.65. The van der Waals surface area contributed by atoms with E-state index in [0.29, 0.717) is 5.92 Å². The van der Waals surface area contributed by atoms with Crippen LogP contribution in [0.4, 0.5) is 5.69 Å². The maximum Gasteiger partial charge on any atom is 0.0780 e. The van der Waals surface area contributed by atoms with E-state index in [1.165, 1.54) is 17.1 Å². The fraction of sp³-hybridized carbons (Fsp3) is 0.722. The van der Waals surface area contributed by atoms with E-state index in [1.807, 2.05) is 0 Å². The first-order chi connectivity index (χ1) is 10.7. The quantitative estimate of drug-likeness (QED) is 0.773. The first kappa shape index (κ1) is 17.2. The number of pyridine rings is 1. The molecule has 1 atom stereocenters. The minimum atomic E-state index is 0.522. The minimum Gasteiger partial charge on any atom is -0.378 e. The van der Waals surface area contributed by atoms with Crippen LogP contribution in [0.3, 0.4) is 0 Å². The van der Waals surface area contributed by atoms with Gasteiger partial charge in [-0.1, -0.05) is 27.7 Å². The molecule has 0 saturated carbocycles. The maximum absolute atomic E-state index is 5.49. The average Bonchev–Trinajstić information content (AvgIpc) is 2.59. The van der Waals surface area contributed by atoms with Crippen LogP contribution in [0, 0.1) is 0 Å². The Morgan fingerprint density at radius 2 is 1.86 bits per heavy atom. The van der Waals surface area contributed by atoms with E-state index in [4.69, 9.17) is 9.72 Å². The summed E-state index contributed by atoms with van der Waals surface area (Å²) in [5.74, 6) is 0.522. The van der Waals surface area contributed by atoms with Gasteiger partial charge in [0.25, 0.3) is 0 Å². The van der Waals surface area contributed by atoms with E-state index >= 15 is 0 Å². The van der Waals surface area contributed by atoms with Gasteiger partial charge in [0.2, 0.25) is 0 Å². The summed E-state index contributed by atoms with van der Waals surface area (Å²) in [4.78, 5) is 9.89. The van der Waals surface area contributed by atoms with E-state index in [9.17, 15) is 0 Å². The van der Waals surface area contributed by atoms with Gasteiger partial charge in [-0.2, -0.15) is 0 Å². The van der Waals surface area contributed by atoms with E-state index in [2.05, 4.69) is 49.6 Å². The molecule has 4 heteroatoms. The van der Waals surface area contributed by atoms with Crippen LogP contribution in [-0.4, -0.2) is 49.3 Å².